The molecule has 0 radical (unpaired) electrons. The van der Waals surface area contributed by atoms with Crippen LogP contribution in [0.4, 0.5) is 14.5 Å². The monoisotopic (exact) mass is 213 g/mol. The smallest absolute Gasteiger partial charge is 0.182 e. The summed E-state index contributed by atoms with van der Waals surface area (Å²) in [6.07, 6.45) is 0.708. The van der Waals surface area contributed by atoms with Gasteiger partial charge in [-0.3, -0.25) is 0 Å². The van der Waals surface area contributed by atoms with Gasteiger partial charge in [-0.1, -0.05) is 13.0 Å². The second kappa shape index (κ2) is 4.38. The van der Waals surface area contributed by atoms with Gasteiger partial charge in [0, 0.05) is 20.0 Å². The van der Waals surface area contributed by atoms with Crippen LogP contribution in [0.5, 0.6) is 0 Å². The molecule has 1 atom stereocenters. The molecule has 0 N–H and O–H groups in total. The van der Waals surface area contributed by atoms with Gasteiger partial charge in [0.1, 0.15) is 6.29 Å². The van der Waals surface area contributed by atoms with Gasteiger partial charge in [0.25, 0.3) is 0 Å². The molecule has 0 amide bonds. The van der Waals surface area contributed by atoms with E-state index in [0.717, 1.165) is 6.07 Å². The molecule has 82 valence electrons. The van der Waals surface area contributed by atoms with Crippen molar-refractivity contribution in [3.8, 4) is 0 Å². The molecule has 1 rings (SSSR count). The van der Waals surface area contributed by atoms with Crippen molar-refractivity contribution in [2.24, 2.45) is 0 Å². The summed E-state index contributed by atoms with van der Waals surface area (Å²) >= 11 is 0. The zero-order valence-corrected chi connectivity index (χ0v) is 8.92. The fourth-order valence-corrected chi connectivity index (χ4v) is 1.45. The van der Waals surface area contributed by atoms with E-state index in [9.17, 15) is 13.6 Å². The molecule has 2 nitrogen and oxygen atoms in total. The highest BCUT2D eigenvalue weighted by Gasteiger charge is 2.18. The van der Waals surface area contributed by atoms with Crippen molar-refractivity contribution in [3.05, 3.63) is 29.3 Å². The highest BCUT2D eigenvalue weighted by Crippen LogP contribution is 2.29. The maximum Gasteiger partial charge on any atom is 0.182 e. The Morgan fingerprint density at radius 2 is 1.93 bits per heavy atom. The standard InChI is InChI=1S/C11H13F2NO/c1-7(6-15)8-4-5-9(12)10(13)11(8)14(2)3/h4-7H,1-3H3. The minimum atomic E-state index is -0.911. The average molecular weight is 213 g/mol. The van der Waals surface area contributed by atoms with Crippen LogP contribution in [0.25, 0.3) is 0 Å². The van der Waals surface area contributed by atoms with Crippen LogP contribution in [0.1, 0.15) is 18.4 Å². The molecule has 0 bridgehead atoms. The van der Waals surface area contributed by atoms with Crippen molar-refractivity contribution in [1.82, 2.24) is 0 Å². The van der Waals surface area contributed by atoms with Gasteiger partial charge in [-0.15, -0.1) is 0 Å². The first-order chi connectivity index (χ1) is 6.99. The van der Waals surface area contributed by atoms with Gasteiger partial charge in [0.05, 0.1) is 5.69 Å². The van der Waals surface area contributed by atoms with Crippen molar-refractivity contribution in [1.29, 1.82) is 0 Å². The summed E-state index contributed by atoms with van der Waals surface area (Å²) < 4.78 is 26.5. The Morgan fingerprint density at radius 1 is 1.33 bits per heavy atom. The fraction of sp³-hybridized carbons (Fsp3) is 0.364. The Kier molecular flexibility index (Phi) is 3.39. The number of nitrogens with zero attached hydrogens (tertiary/aromatic N) is 1. The van der Waals surface area contributed by atoms with Crippen LogP contribution in [0.2, 0.25) is 0 Å². The molecule has 0 aliphatic rings. The predicted molar refractivity (Wildman–Crippen MR) is 55.2 cm³/mol. The number of aldehydes is 1. The number of carbonyl (C=O) groups excluding carboxylic acids is 1. The lowest BCUT2D eigenvalue weighted by Crippen LogP contribution is -2.15. The third-order valence-electron chi connectivity index (χ3n) is 2.24. The maximum absolute atomic E-state index is 13.5. The third kappa shape index (κ3) is 2.14. The van der Waals surface area contributed by atoms with Crippen LogP contribution in [0, 0.1) is 11.6 Å². The fourth-order valence-electron chi connectivity index (χ4n) is 1.45. The zero-order valence-electron chi connectivity index (χ0n) is 8.92. The van der Waals surface area contributed by atoms with Crippen molar-refractivity contribution < 1.29 is 13.6 Å². The SMILES string of the molecule is CC(C=O)c1ccc(F)c(F)c1N(C)C. The molecule has 1 aromatic rings. The Labute approximate surface area is 87.5 Å². The predicted octanol–water partition coefficient (Wildman–Crippen LogP) is 2.33. The minimum absolute atomic E-state index is 0.134. The molecule has 0 saturated heterocycles. The molecule has 0 saturated carbocycles. The van der Waals surface area contributed by atoms with Gasteiger partial charge < -0.3 is 9.69 Å². The number of rotatable bonds is 3. The molecule has 0 aliphatic heterocycles. The molecule has 1 aromatic carbocycles. The first kappa shape index (κ1) is 11.6. The van der Waals surface area contributed by atoms with E-state index in [4.69, 9.17) is 0 Å². The third-order valence-corrected chi connectivity index (χ3v) is 2.24. The van der Waals surface area contributed by atoms with E-state index in [2.05, 4.69) is 0 Å². The number of benzene rings is 1. The Bertz CT molecular complexity index is 377. The number of hydrogen-bond acceptors (Lipinski definition) is 2. The van der Waals surface area contributed by atoms with Crippen LogP contribution in [0.3, 0.4) is 0 Å². The molecule has 0 fully saturated rings. The summed E-state index contributed by atoms with van der Waals surface area (Å²) in [7, 11) is 3.22. The van der Waals surface area contributed by atoms with E-state index in [0.29, 0.717) is 11.8 Å². The van der Waals surface area contributed by atoms with Crippen LogP contribution in [-0.4, -0.2) is 20.4 Å². The van der Waals surface area contributed by atoms with Gasteiger partial charge in [0.15, 0.2) is 11.6 Å². The lowest BCUT2D eigenvalue weighted by Gasteiger charge is -2.20. The summed E-state index contributed by atoms with van der Waals surface area (Å²) in [5.74, 6) is -2.26. The number of carbonyl (C=O) groups is 1. The summed E-state index contributed by atoms with van der Waals surface area (Å²) in [6.45, 7) is 1.65. The largest absolute Gasteiger partial charge is 0.375 e. The van der Waals surface area contributed by atoms with Gasteiger partial charge in [-0.25, -0.2) is 8.78 Å². The lowest BCUT2D eigenvalue weighted by atomic mass is 9.99. The van der Waals surface area contributed by atoms with Gasteiger partial charge in [0.2, 0.25) is 0 Å². The van der Waals surface area contributed by atoms with Gasteiger partial charge >= 0.3 is 0 Å². The quantitative estimate of drug-likeness (QED) is 0.718. The number of anilines is 1. The Morgan fingerprint density at radius 3 is 2.40 bits per heavy atom. The average Bonchev–Trinajstić information content (AvgIpc) is 2.20. The van der Waals surface area contributed by atoms with E-state index in [1.165, 1.54) is 11.0 Å². The summed E-state index contributed by atoms with van der Waals surface area (Å²) in [6, 6.07) is 2.48. The van der Waals surface area contributed by atoms with Crippen LogP contribution in [-0.2, 0) is 4.79 Å². The van der Waals surface area contributed by atoms with Crippen LogP contribution in [0.15, 0.2) is 12.1 Å². The molecular weight excluding hydrogens is 200 g/mol. The minimum Gasteiger partial charge on any atom is -0.375 e. The number of hydrogen-bond donors (Lipinski definition) is 0. The normalized spacial score (nSPS) is 12.3. The zero-order chi connectivity index (χ0) is 11.6. The topological polar surface area (TPSA) is 20.3 Å². The Balaban J connectivity index is 3.39. The molecule has 1 unspecified atom stereocenters. The van der Waals surface area contributed by atoms with E-state index in [1.54, 1.807) is 21.0 Å². The molecule has 0 spiro atoms. The van der Waals surface area contributed by atoms with Crippen LogP contribution >= 0.6 is 0 Å². The first-order valence-corrected chi connectivity index (χ1v) is 4.59. The van der Waals surface area contributed by atoms with Gasteiger partial charge in [-0.2, -0.15) is 0 Å². The molecule has 0 heterocycles. The molecule has 0 aliphatic carbocycles. The molecule has 4 heteroatoms. The van der Waals surface area contributed by atoms with E-state index < -0.39 is 17.6 Å². The summed E-state index contributed by atoms with van der Waals surface area (Å²) in [5, 5.41) is 0. The number of halogens is 2. The van der Waals surface area contributed by atoms with E-state index >= 15 is 0 Å². The van der Waals surface area contributed by atoms with E-state index in [1.807, 2.05) is 0 Å². The Hall–Kier alpha value is -1.45. The molecular formula is C11H13F2NO. The van der Waals surface area contributed by atoms with Crippen molar-refractivity contribution in [3.63, 3.8) is 0 Å². The van der Waals surface area contributed by atoms with Gasteiger partial charge in [-0.05, 0) is 11.6 Å². The highest BCUT2D eigenvalue weighted by atomic mass is 19.2. The summed E-state index contributed by atoms with van der Waals surface area (Å²) in [4.78, 5) is 12.1. The first-order valence-electron chi connectivity index (χ1n) is 4.59. The highest BCUT2D eigenvalue weighted by molar-refractivity contribution is 5.68. The summed E-state index contributed by atoms with van der Waals surface area (Å²) in [5.41, 5.74) is 0.628. The molecule has 0 aromatic heterocycles. The van der Waals surface area contributed by atoms with Crippen molar-refractivity contribution in [2.75, 3.05) is 19.0 Å². The molecule has 15 heavy (non-hydrogen) atoms. The second-order valence-corrected chi connectivity index (χ2v) is 3.62. The van der Waals surface area contributed by atoms with Crippen LogP contribution < -0.4 is 4.90 Å². The maximum atomic E-state index is 13.5. The van der Waals surface area contributed by atoms with Crippen molar-refractivity contribution >= 4 is 12.0 Å². The second-order valence-electron chi connectivity index (χ2n) is 3.62. The van der Waals surface area contributed by atoms with E-state index in [-0.39, 0.29) is 5.69 Å². The van der Waals surface area contributed by atoms with Crippen molar-refractivity contribution in [2.45, 2.75) is 12.8 Å². The lowest BCUT2D eigenvalue weighted by molar-refractivity contribution is -0.108.